The Hall–Kier alpha value is -4.21. The van der Waals surface area contributed by atoms with Crippen molar-refractivity contribution in [1.29, 1.82) is 0 Å². The molecule has 1 N–H and O–H groups in total. The summed E-state index contributed by atoms with van der Waals surface area (Å²) in [6, 6.07) is 19.5. The number of halogens is 1. The molecule has 1 amide bonds. The lowest BCUT2D eigenvalue weighted by Gasteiger charge is -2.23. The van der Waals surface area contributed by atoms with Crippen LogP contribution in [0, 0.1) is 5.82 Å². The molecule has 0 saturated heterocycles. The number of nitrogens with one attached hydrogen (secondary N) is 1. The van der Waals surface area contributed by atoms with Gasteiger partial charge in [0.25, 0.3) is 5.91 Å². The van der Waals surface area contributed by atoms with E-state index in [1.54, 1.807) is 23.4 Å². The number of amides is 1. The number of carbonyl (C=O) groups excluding carboxylic acids is 1. The minimum atomic E-state index is -3.88. The fourth-order valence-electron chi connectivity index (χ4n) is 4.79. The Morgan fingerprint density at radius 2 is 1.76 bits per heavy atom. The number of nitrogens with zero attached hydrogens (tertiary/aromatic N) is 3. The minimum absolute atomic E-state index is 0.00352. The number of hydrogen-bond acceptors (Lipinski definition) is 5. The van der Waals surface area contributed by atoms with Crippen LogP contribution in [0.25, 0.3) is 6.08 Å². The summed E-state index contributed by atoms with van der Waals surface area (Å²) in [5, 5.41) is 0. The van der Waals surface area contributed by atoms with Gasteiger partial charge in [-0.1, -0.05) is 50.2 Å². The Balaban J connectivity index is 1.45. The number of hydrogen-bond donors (Lipinski definition) is 1. The molecule has 1 atom stereocenters. The standard InChI is InChI=1S/C32H31FN4O3S/c1-22(2)32-34-19-24(20-35-32)21-37(31(38)17-8-23-6-4-3-5-7-23)27-13-9-25-10-16-30(29(25)18-27)36-41(39,40)28-14-11-26(33)12-15-28/h3-9,11-15,17-20,22,30,36H,10,16,21H2,1-2H3. The predicted molar refractivity (Wildman–Crippen MR) is 157 cm³/mol. The van der Waals surface area contributed by atoms with E-state index in [0.717, 1.165) is 40.2 Å². The summed E-state index contributed by atoms with van der Waals surface area (Å²) in [7, 11) is -3.88. The first-order chi connectivity index (χ1) is 19.7. The zero-order valence-corrected chi connectivity index (χ0v) is 23.7. The normalized spacial score (nSPS) is 14.9. The van der Waals surface area contributed by atoms with Crippen LogP contribution in [0.15, 0.2) is 96.2 Å². The molecule has 0 fully saturated rings. The van der Waals surface area contributed by atoms with Crippen LogP contribution in [0.1, 0.15) is 60.3 Å². The average Bonchev–Trinajstić information content (AvgIpc) is 3.36. The van der Waals surface area contributed by atoms with Crippen LogP contribution in [-0.4, -0.2) is 24.3 Å². The highest BCUT2D eigenvalue weighted by molar-refractivity contribution is 7.89. The van der Waals surface area contributed by atoms with Crippen LogP contribution in [0.4, 0.5) is 10.1 Å². The van der Waals surface area contributed by atoms with Gasteiger partial charge in [-0.15, -0.1) is 0 Å². The average molecular weight is 571 g/mol. The summed E-state index contributed by atoms with van der Waals surface area (Å²) in [4.78, 5) is 24.1. The highest BCUT2D eigenvalue weighted by Gasteiger charge is 2.29. The molecule has 1 aliphatic carbocycles. The van der Waals surface area contributed by atoms with E-state index in [1.165, 1.54) is 18.2 Å². The molecule has 1 aliphatic rings. The molecule has 1 aromatic heterocycles. The lowest BCUT2D eigenvalue weighted by atomic mass is 10.1. The third-order valence-corrected chi connectivity index (χ3v) is 8.49. The minimum Gasteiger partial charge on any atom is -0.304 e. The van der Waals surface area contributed by atoms with Crippen LogP contribution in [0.5, 0.6) is 0 Å². The molecular formula is C32H31FN4O3S. The van der Waals surface area contributed by atoms with Gasteiger partial charge in [-0.2, -0.15) is 0 Å². The Morgan fingerprint density at radius 3 is 2.44 bits per heavy atom. The molecule has 5 rings (SSSR count). The monoisotopic (exact) mass is 570 g/mol. The number of aryl methyl sites for hydroxylation is 1. The second-order valence-corrected chi connectivity index (χ2v) is 12.0. The van der Waals surface area contributed by atoms with E-state index in [9.17, 15) is 17.6 Å². The van der Waals surface area contributed by atoms with E-state index >= 15 is 0 Å². The highest BCUT2D eigenvalue weighted by atomic mass is 32.2. The van der Waals surface area contributed by atoms with Crippen LogP contribution < -0.4 is 9.62 Å². The molecule has 1 heterocycles. The molecule has 0 bridgehead atoms. The maximum absolute atomic E-state index is 13.6. The topological polar surface area (TPSA) is 92.3 Å². The zero-order chi connectivity index (χ0) is 29.0. The van der Waals surface area contributed by atoms with E-state index in [2.05, 4.69) is 14.7 Å². The highest BCUT2D eigenvalue weighted by Crippen LogP contribution is 2.35. The van der Waals surface area contributed by atoms with Crippen molar-refractivity contribution in [3.8, 4) is 0 Å². The van der Waals surface area contributed by atoms with E-state index < -0.39 is 21.9 Å². The molecular weight excluding hydrogens is 539 g/mol. The maximum atomic E-state index is 13.6. The van der Waals surface area contributed by atoms with Crippen LogP contribution >= 0.6 is 0 Å². The van der Waals surface area contributed by atoms with Crippen LogP contribution in [0.2, 0.25) is 0 Å². The molecule has 1 unspecified atom stereocenters. The van der Waals surface area contributed by atoms with Gasteiger partial charge in [0.2, 0.25) is 10.0 Å². The van der Waals surface area contributed by atoms with Crippen molar-refractivity contribution in [2.24, 2.45) is 0 Å². The number of anilines is 1. The smallest absolute Gasteiger partial charge is 0.251 e. The molecule has 41 heavy (non-hydrogen) atoms. The second-order valence-electron chi connectivity index (χ2n) is 10.3. The maximum Gasteiger partial charge on any atom is 0.251 e. The van der Waals surface area contributed by atoms with Crippen molar-refractivity contribution < 1.29 is 17.6 Å². The number of aromatic nitrogens is 2. The Morgan fingerprint density at radius 1 is 1.05 bits per heavy atom. The van der Waals surface area contributed by atoms with Gasteiger partial charge >= 0.3 is 0 Å². The van der Waals surface area contributed by atoms with Crippen molar-refractivity contribution in [3.63, 3.8) is 0 Å². The first-order valence-electron chi connectivity index (χ1n) is 13.5. The van der Waals surface area contributed by atoms with Crippen molar-refractivity contribution in [1.82, 2.24) is 14.7 Å². The molecule has 0 spiro atoms. The van der Waals surface area contributed by atoms with Gasteiger partial charge in [0.1, 0.15) is 11.6 Å². The Bertz CT molecular complexity index is 1660. The SMILES string of the molecule is CC(C)c1ncc(CN(C(=O)C=Cc2ccccc2)c2ccc3c(c2)C(NS(=O)(=O)c2ccc(F)cc2)CC3)cn1. The summed E-state index contributed by atoms with van der Waals surface area (Å²) >= 11 is 0. The van der Waals surface area contributed by atoms with E-state index in [1.807, 2.05) is 62.4 Å². The number of rotatable bonds is 9. The van der Waals surface area contributed by atoms with Gasteiger partial charge in [0.15, 0.2) is 0 Å². The van der Waals surface area contributed by atoms with Crippen LogP contribution in [-0.2, 0) is 27.8 Å². The summed E-state index contributed by atoms with van der Waals surface area (Å²) < 4.78 is 42.2. The summed E-state index contributed by atoms with van der Waals surface area (Å²) in [6.45, 7) is 4.27. The summed E-state index contributed by atoms with van der Waals surface area (Å²) in [6.07, 6.45) is 8.03. The van der Waals surface area contributed by atoms with Gasteiger partial charge in [0.05, 0.1) is 11.4 Å². The van der Waals surface area contributed by atoms with Crippen molar-refractivity contribution in [3.05, 3.63) is 125 Å². The fraction of sp³-hybridized carbons (Fsp3) is 0.219. The van der Waals surface area contributed by atoms with E-state index in [-0.39, 0.29) is 23.3 Å². The van der Waals surface area contributed by atoms with E-state index in [4.69, 9.17) is 0 Å². The molecule has 4 aromatic rings. The zero-order valence-electron chi connectivity index (χ0n) is 22.9. The van der Waals surface area contributed by atoms with Gasteiger partial charge in [0, 0.05) is 41.7 Å². The quantitative estimate of drug-likeness (QED) is 0.251. The number of benzene rings is 3. The summed E-state index contributed by atoms with van der Waals surface area (Å²) in [5.41, 5.74) is 4.12. The Labute approximate surface area is 239 Å². The van der Waals surface area contributed by atoms with Crippen molar-refractivity contribution in [2.45, 2.75) is 50.1 Å². The first kappa shape index (κ1) is 28.3. The number of sulfonamides is 1. The number of fused-ring (bicyclic) bond motifs is 1. The van der Waals surface area contributed by atoms with Crippen molar-refractivity contribution in [2.75, 3.05) is 4.90 Å². The predicted octanol–water partition coefficient (Wildman–Crippen LogP) is 5.95. The molecule has 9 heteroatoms. The lowest BCUT2D eigenvalue weighted by Crippen LogP contribution is -2.30. The van der Waals surface area contributed by atoms with Gasteiger partial charge in [-0.25, -0.2) is 27.5 Å². The van der Waals surface area contributed by atoms with Crippen LogP contribution in [0.3, 0.4) is 0 Å². The molecule has 0 aliphatic heterocycles. The largest absolute Gasteiger partial charge is 0.304 e. The van der Waals surface area contributed by atoms with Gasteiger partial charge in [-0.05, 0) is 72.0 Å². The number of carbonyl (C=O) groups is 1. The third kappa shape index (κ3) is 6.75. The lowest BCUT2D eigenvalue weighted by molar-refractivity contribution is -0.114. The third-order valence-electron chi connectivity index (χ3n) is 7.01. The van der Waals surface area contributed by atoms with E-state index in [0.29, 0.717) is 18.5 Å². The molecule has 0 saturated carbocycles. The van der Waals surface area contributed by atoms with Crippen molar-refractivity contribution >= 4 is 27.7 Å². The second kappa shape index (κ2) is 12.1. The molecule has 3 aromatic carbocycles. The first-order valence-corrected chi connectivity index (χ1v) is 14.9. The summed E-state index contributed by atoms with van der Waals surface area (Å²) in [5.74, 6) is 0.172. The molecule has 7 nitrogen and oxygen atoms in total. The van der Waals surface area contributed by atoms with Gasteiger partial charge < -0.3 is 4.90 Å². The van der Waals surface area contributed by atoms with Gasteiger partial charge in [-0.3, -0.25) is 4.79 Å². The Kier molecular flexibility index (Phi) is 8.37. The molecule has 0 radical (unpaired) electrons. The molecule has 210 valence electrons. The fourth-order valence-corrected chi connectivity index (χ4v) is 6.04.